The van der Waals surface area contributed by atoms with E-state index in [0.29, 0.717) is 4.47 Å². The third-order valence-corrected chi connectivity index (χ3v) is 4.83. The highest BCUT2D eigenvalue weighted by molar-refractivity contribution is 9.10. The smallest absolute Gasteiger partial charge is 0.253 e. The first-order valence-electron chi connectivity index (χ1n) is 5.99. The van der Waals surface area contributed by atoms with E-state index in [4.69, 9.17) is 16.7 Å². The normalized spacial score (nSPS) is 13.1. The molecule has 1 aromatic carbocycles. The first-order valence-corrected chi connectivity index (χ1v) is 8.71. The first-order chi connectivity index (χ1) is 9.16. The number of amides is 1. The van der Waals surface area contributed by atoms with Gasteiger partial charge in [-0.1, -0.05) is 24.9 Å². The van der Waals surface area contributed by atoms with Gasteiger partial charge in [0.2, 0.25) is 10.0 Å². The van der Waals surface area contributed by atoms with Gasteiger partial charge in [0, 0.05) is 10.5 Å². The Hall–Kier alpha value is -0.630. The molecule has 1 unspecified atom stereocenters. The van der Waals surface area contributed by atoms with Crippen LogP contribution in [-0.4, -0.2) is 20.4 Å². The van der Waals surface area contributed by atoms with Crippen LogP contribution in [0.25, 0.3) is 0 Å². The minimum atomic E-state index is -3.91. The summed E-state index contributed by atoms with van der Waals surface area (Å²) in [6.45, 7) is 3.88. The molecule has 1 rings (SSSR count). The van der Waals surface area contributed by atoms with Gasteiger partial charge in [-0.05, 0) is 41.4 Å². The molecule has 0 aliphatic heterocycles. The second-order valence-corrected chi connectivity index (χ2v) is 7.27. The lowest BCUT2D eigenvalue weighted by atomic mass is 10.1. The lowest BCUT2D eigenvalue weighted by Gasteiger charge is -2.14. The highest BCUT2D eigenvalue weighted by Crippen LogP contribution is 2.29. The predicted molar refractivity (Wildman–Crippen MR) is 82.4 cm³/mol. The largest absolute Gasteiger partial charge is 0.350 e. The molecule has 3 N–H and O–H groups in total. The minimum Gasteiger partial charge on any atom is -0.350 e. The van der Waals surface area contributed by atoms with Crippen LogP contribution in [-0.2, 0) is 10.0 Å². The van der Waals surface area contributed by atoms with Crippen molar-refractivity contribution >= 4 is 43.5 Å². The standard InChI is InChI=1S/C12H16BrClN2O3S/c1-3-4-7(2)16-12(17)9-5-8(20(15,18)19)6-10(13)11(9)14/h5-7H,3-4H2,1-2H3,(H,16,17)(H2,15,18,19). The summed E-state index contributed by atoms with van der Waals surface area (Å²) in [6, 6.07) is 2.42. The van der Waals surface area contributed by atoms with Gasteiger partial charge in [0.25, 0.3) is 5.91 Å². The van der Waals surface area contributed by atoms with Gasteiger partial charge in [-0.15, -0.1) is 0 Å². The number of carbonyl (C=O) groups is 1. The Labute approximate surface area is 132 Å². The topological polar surface area (TPSA) is 89.3 Å². The molecule has 0 spiro atoms. The second-order valence-electron chi connectivity index (χ2n) is 4.47. The Morgan fingerprint density at radius 3 is 2.60 bits per heavy atom. The molecule has 1 amide bonds. The molecule has 0 fully saturated rings. The van der Waals surface area contributed by atoms with Crippen molar-refractivity contribution in [1.82, 2.24) is 5.32 Å². The fourth-order valence-corrected chi connectivity index (χ4v) is 3.07. The molecule has 0 radical (unpaired) electrons. The fourth-order valence-electron chi connectivity index (χ4n) is 1.70. The van der Waals surface area contributed by atoms with E-state index in [1.807, 2.05) is 13.8 Å². The van der Waals surface area contributed by atoms with Crippen molar-refractivity contribution in [2.75, 3.05) is 0 Å². The molecule has 8 heteroatoms. The summed E-state index contributed by atoms with van der Waals surface area (Å²) in [7, 11) is -3.91. The zero-order valence-corrected chi connectivity index (χ0v) is 14.3. The molecule has 1 atom stereocenters. The van der Waals surface area contributed by atoms with Crippen LogP contribution in [0.5, 0.6) is 0 Å². The van der Waals surface area contributed by atoms with Crippen molar-refractivity contribution in [3.63, 3.8) is 0 Å². The van der Waals surface area contributed by atoms with E-state index in [-0.39, 0.29) is 21.5 Å². The van der Waals surface area contributed by atoms with Crippen LogP contribution in [0.15, 0.2) is 21.5 Å². The molecule has 0 aliphatic rings. The monoisotopic (exact) mass is 382 g/mol. The van der Waals surface area contributed by atoms with Gasteiger partial charge in [-0.25, -0.2) is 13.6 Å². The molecule has 20 heavy (non-hydrogen) atoms. The molecule has 5 nitrogen and oxygen atoms in total. The zero-order valence-electron chi connectivity index (χ0n) is 11.1. The molecule has 112 valence electrons. The van der Waals surface area contributed by atoms with Gasteiger partial charge in [-0.3, -0.25) is 4.79 Å². The van der Waals surface area contributed by atoms with E-state index in [2.05, 4.69) is 21.2 Å². The van der Waals surface area contributed by atoms with Crippen LogP contribution in [0.2, 0.25) is 5.02 Å². The average molecular weight is 384 g/mol. The van der Waals surface area contributed by atoms with Gasteiger partial charge in [0.05, 0.1) is 15.5 Å². The van der Waals surface area contributed by atoms with Crippen LogP contribution in [0, 0.1) is 0 Å². The lowest BCUT2D eigenvalue weighted by molar-refractivity contribution is 0.0938. The van der Waals surface area contributed by atoms with E-state index in [9.17, 15) is 13.2 Å². The van der Waals surface area contributed by atoms with Gasteiger partial charge in [0.15, 0.2) is 0 Å². The van der Waals surface area contributed by atoms with Crippen molar-refractivity contribution < 1.29 is 13.2 Å². The Morgan fingerprint density at radius 1 is 1.50 bits per heavy atom. The predicted octanol–water partition coefficient (Wildman–Crippen LogP) is 2.67. The number of nitrogens with two attached hydrogens (primary N) is 1. The summed E-state index contributed by atoms with van der Waals surface area (Å²) in [5.74, 6) is -0.429. The van der Waals surface area contributed by atoms with Gasteiger partial charge < -0.3 is 5.32 Å². The van der Waals surface area contributed by atoms with Gasteiger partial charge in [0.1, 0.15) is 0 Å². The maximum absolute atomic E-state index is 12.1. The SMILES string of the molecule is CCCC(C)NC(=O)c1cc(S(N)(=O)=O)cc(Br)c1Cl. The Balaban J connectivity index is 3.17. The number of primary sulfonamides is 1. The van der Waals surface area contributed by atoms with Crippen LogP contribution in [0.4, 0.5) is 0 Å². The minimum absolute atomic E-state index is 0.0273. The first kappa shape index (κ1) is 17.4. The van der Waals surface area contributed by atoms with Crippen molar-refractivity contribution in [2.24, 2.45) is 5.14 Å². The summed E-state index contributed by atoms with van der Waals surface area (Å²) < 4.78 is 23.1. The van der Waals surface area contributed by atoms with Gasteiger partial charge in [-0.2, -0.15) is 0 Å². The Bertz CT molecular complexity index is 619. The Kier molecular flexibility index (Phi) is 6.00. The van der Waals surface area contributed by atoms with Crippen molar-refractivity contribution in [2.45, 2.75) is 37.6 Å². The zero-order chi connectivity index (χ0) is 15.5. The average Bonchev–Trinajstić information content (AvgIpc) is 2.31. The summed E-state index contributed by atoms with van der Waals surface area (Å²) in [5.41, 5.74) is 0.0769. The number of hydrogen-bond donors (Lipinski definition) is 2. The summed E-state index contributed by atoms with van der Waals surface area (Å²) in [6.07, 6.45) is 1.75. The molecule has 0 heterocycles. The van der Waals surface area contributed by atoms with Crippen molar-refractivity contribution in [3.8, 4) is 0 Å². The maximum Gasteiger partial charge on any atom is 0.253 e. The molecule has 0 aliphatic carbocycles. The second kappa shape index (κ2) is 6.89. The molecule has 0 aromatic heterocycles. The molecule has 0 saturated heterocycles. The molecule has 0 bridgehead atoms. The summed E-state index contributed by atoms with van der Waals surface area (Å²) in [5, 5.41) is 7.99. The third kappa shape index (κ3) is 4.44. The number of hydrogen-bond acceptors (Lipinski definition) is 3. The highest BCUT2D eigenvalue weighted by Gasteiger charge is 2.19. The number of rotatable bonds is 5. The van der Waals surface area contributed by atoms with E-state index in [1.165, 1.54) is 12.1 Å². The van der Waals surface area contributed by atoms with E-state index in [1.54, 1.807) is 0 Å². The van der Waals surface area contributed by atoms with Crippen molar-refractivity contribution in [3.05, 3.63) is 27.2 Å². The number of nitrogens with one attached hydrogen (secondary N) is 1. The quantitative estimate of drug-likeness (QED) is 0.819. The molecular weight excluding hydrogens is 368 g/mol. The van der Waals surface area contributed by atoms with Crippen LogP contribution in [0.1, 0.15) is 37.0 Å². The number of benzene rings is 1. The molecular formula is C12H16BrClN2O3S. The fraction of sp³-hybridized carbons (Fsp3) is 0.417. The van der Waals surface area contributed by atoms with E-state index in [0.717, 1.165) is 12.8 Å². The van der Waals surface area contributed by atoms with Crippen LogP contribution in [0.3, 0.4) is 0 Å². The molecule has 1 aromatic rings. The lowest BCUT2D eigenvalue weighted by Crippen LogP contribution is -2.32. The number of sulfonamides is 1. The molecule has 0 saturated carbocycles. The van der Waals surface area contributed by atoms with Gasteiger partial charge >= 0.3 is 0 Å². The Morgan fingerprint density at radius 2 is 2.10 bits per heavy atom. The number of halogens is 2. The van der Waals surface area contributed by atoms with Crippen LogP contribution >= 0.6 is 27.5 Å². The maximum atomic E-state index is 12.1. The van der Waals surface area contributed by atoms with E-state index >= 15 is 0 Å². The third-order valence-electron chi connectivity index (χ3n) is 2.67. The van der Waals surface area contributed by atoms with E-state index < -0.39 is 15.9 Å². The van der Waals surface area contributed by atoms with Crippen LogP contribution < -0.4 is 10.5 Å². The summed E-state index contributed by atoms with van der Waals surface area (Å²) in [4.78, 5) is 12.0. The van der Waals surface area contributed by atoms with Crippen molar-refractivity contribution in [1.29, 1.82) is 0 Å². The number of carbonyl (C=O) groups excluding carboxylic acids is 1. The summed E-state index contributed by atoms with van der Waals surface area (Å²) >= 11 is 9.15. The highest BCUT2D eigenvalue weighted by atomic mass is 79.9.